The number of Topliss-reactive ketones (excluding diaryl/α,β-unsaturated/α-hetero) is 1. The van der Waals surface area contributed by atoms with Gasteiger partial charge in [-0.15, -0.1) is 0 Å². The number of alkyl halides is 2. The average molecular weight is 453 g/mol. The maximum Gasteiger partial charge on any atom is 0.306 e. The van der Waals surface area contributed by atoms with Gasteiger partial charge in [-0.1, -0.05) is 11.8 Å². The van der Waals surface area contributed by atoms with Crippen LogP contribution in [-0.4, -0.2) is 41.7 Å². The molecule has 0 unspecified atom stereocenters. The second-order valence-electron chi connectivity index (χ2n) is 6.15. The Kier molecular flexibility index (Phi) is 9.26. The number of phenols is 1. The molecule has 1 amide bonds. The number of hydrogen-bond donors (Lipinski definition) is 2. The number of ketones is 1. The Bertz CT molecular complexity index is 921. The molecule has 0 saturated carbocycles. The summed E-state index contributed by atoms with van der Waals surface area (Å²) in [6, 6.07) is 9.93. The molecule has 0 aliphatic carbocycles. The molecule has 0 atom stereocenters. The number of phenolic OH excluding ortho intramolecular Hbond substituents is 1. The Morgan fingerprint density at radius 3 is 2.45 bits per heavy atom. The van der Waals surface area contributed by atoms with Gasteiger partial charge in [0.15, 0.2) is 23.9 Å². The minimum absolute atomic E-state index is 0.0914. The van der Waals surface area contributed by atoms with E-state index < -0.39 is 24.2 Å². The first kappa shape index (κ1) is 24.1. The number of hydrogen-bond acceptors (Lipinski definition) is 7. The van der Waals surface area contributed by atoms with Gasteiger partial charge in [0, 0.05) is 22.6 Å². The number of ether oxygens (including phenoxy) is 2. The molecule has 0 aliphatic rings. The van der Waals surface area contributed by atoms with Crippen LogP contribution in [0.5, 0.6) is 11.5 Å². The van der Waals surface area contributed by atoms with Crippen LogP contribution in [0.4, 0.5) is 14.5 Å². The number of anilines is 1. The highest BCUT2D eigenvalue weighted by atomic mass is 32.2. The Morgan fingerprint density at radius 1 is 1.10 bits per heavy atom. The van der Waals surface area contributed by atoms with E-state index in [1.807, 2.05) is 0 Å². The normalized spacial score (nSPS) is 10.6. The van der Waals surface area contributed by atoms with Crippen LogP contribution >= 0.6 is 11.8 Å². The third kappa shape index (κ3) is 8.25. The van der Waals surface area contributed by atoms with E-state index in [0.717, 1.165) is 0 Å². The largest absolute Gasteiger partial charge is 0.504 e. The van der Waals surface area contributed by atoms with E-state index in [0.29, 0.717) is 29.0 Å². The number of amides is 1. The summed E-state index contributed by atoms with van der Waals surface area (Å²) >= 11 is 0.388. The number of esters is 1. The molecule has 0 bridgehead atoms. The lowest BCUT2D eigenvalue weighted by Crippen LogP contribution is -2.21. The number of thioether (sulfide) groups is 1. The summed E-state index contributed by atoms with van der Waals surface area (Å²) in [5.74, 6) is -4.12. The standard InChI is InChI=1S/C21H21F2NO6S/c1-2-29-18-11-13(3-8-17(18)26)16(25)9-10-20(28)30-12-19(27)24-14-4-6-15(7-5-14)31-21(22)23/h3-8,11,21,26H,2,9-10,12H2,1H3,(H,24,27). The molecule has 2 aromatic carbocycles. The fraction of sp³-hybridized carbons (Fsp3) is 0.286. The average Bonchev–Trinajstić information content (AvgIpc) is 2.73. The smallest absolute Gasteiger partial charge is 0.306 e. The lowest BCUT2D eigenvalue weighted by molar-refractivity contribution is -0.147. The minimum Gasteiger partial charge on any atom is -0.504 e. The predicted molar refractivity (Wildman–Crippen MR) is 111 cm³/mol. The summed E-state index contributed by atoms with van der Waals surface area (Å²) in [7, 11) is 0. The first-order chi connectivity index (χ1) is 14.8. The summed E-state index contributed by atoms with van der Waals surface area (Å²) in [6.07, 6.45) is -0.365. The molecule has 166 valence electrons. The van der Waals surface area contributed by atoms with Crippen LogP contribution in [0.3, 0.4) is 0 Å². The SMILES string of the molecule is CCOc1cc(C(=O)CCC(=O)OCC(=O)Nc2ccc(SC(F)F)cc2)ccc1O. The molecule has 0 heterocycles. The highest BCUT2D eigenvalue weighted by Gasteiger charge is 2.14. The van der Waals surface area contributed by atoms with Crippen LogP contribution in [-0.2, 0) is 14.3 Å². The number of nitrogens with one attached hydrogen (secondary N) is 1. The van der Waals surface area contributed by atoms with E-state index in [-0.39, 0.29) is 35.7 Å². The van der Waals surface area contributed by atoms with Crippen molar-refractivity contribution in [2.45, 2.75) is 30.4 Å². The number of rotatable bonds is 11. The third-order valence-electron chi connectivity index (χ3n) is 3.87. The Hall–Kier alpha value is -3.14. The minimum atomic E-state index is -2.53. The van der Waals surface area contributed by atoms with Crippen LogP contribution < -0.4 is 10.1 Å². The topological polar surface area (TPSA) is 102 Å². The van der Waals surface area contributed by atoms with Crippen LogP contribution in [0.1, 0.15) is 30.1 Å². The molecule has 2 aromatic rings. The maximum atomic E-state index is 12.3. The summed E-state index contributed by atoms with van der Waals surface area (Å²) in [4.78, 5) is 36.2. The molecule has 10 heteroatoms. The highest BCUT2D eigenvalue weighted by molar-refractivity contribution is 7.99. The van der Waals surface area contributed by atoms with Crippen molar-refractivity contribution in [3.63, 3.8) is 0 Å². The van der Waals surface area contributed by atoms with Gasteiger partial charge >= 0.3 is 5.97 Å². The van der Waals surface area contributed by atoms with Gasteiger partial charge in [-0.2, -0.15) is 8.78 Å². The molecule has 0 saturated heterocycles. The first-order valence-corrected chi connectivity index (χ1v) is 10.2. The number of carbonyl (C=O) groups excluding carboxylic acids is 3. The number of halogens is 2. The van der Waals surface area contributed by atoms with Crippen molar-refractivity contribution in [1.82, 2.24) is 0 Å². The van der Waals surface area contributed by atoms with Crippen molar-refractivity contribution in [1.29, 1.82) is 0 Å². The summed E-state index contributed by atoms with van der Waals surface area (Å²) < 4.78 is 34.6. The zero-order chi connectivity index (χ0) is 22.8. The zero-order valence-electron chi connectivity index (χ0n) is 16.6. The summed E-state index contributed by atoms with van der Waals surface area (Å²) in [5, 5.41) is 12.1. The second kappa shape index (κ2) is 11.9. The number of aromatic hydroxyl groups is 1. The fourth-order valence-corrected chi connectivity index (χ4v) is 2.95. The molecule has 0 aliphatic heterocycles. The molecular weight excluding hydrogens is 432 g/mol. The van der Waals surface area contributed by atoms with Crippen molar-refractivity contribution >= 4 is 35.1 Å². The van der Waals surface area contributed by atoms with Gasteiger partial charge in [0.1, 0.15) is 0 Å². The molecule has 2 rings (SSSR count). The predicted octanol–water partition coefficient (Wildman–Crippen LogP) is 4.25. The maximum absolute atomic E-state index is 12.3. The molecule has 0 fully saturated rings. The Labute approximate surface area is 181 Å². The quantitative estimate of drug-likeness (QED) is 0.298. The monoisotopic (exact) mass is 453 g/mol. The van der Waals surface area contributed by atoms with Gasteiger partial charge in [0.2, 0.25) is 0 Å². The van der Waals surface area contributed by atoms with E-state index in [1.54, 1.807) is 6.92 Å². The van der Waals surface area contributed by atoms with Crippen molar-refractivity contribution in [2.24, 2.45) is 0 Å². The third-order valence-corrected chi connectivity index (χ3v) is 4.59. The van der Waals surface area contributed by atoms with Crippen LogP contribution in [0.2, 0.25) is 0 Å². The first-order valence-electron chi connectivity index (χ1n) is 9.28. The molecule has 2 N–H and O–H groups in total. The van der Waals surface area contributed by atoms with Gasteiger partial charge in [-0.3, -0.25) is 14.4 Å². The van der Waals surface area contributed by atoms with Crippen molar-refractivity contribution < 1.29 is 37.7 Å². The van der Waals surface area contributed by atoms with E-state index in [2.05, 4.69) is 5.32 Å². The Morgan fingerprint density at radius 2 is 1.81 bits per heavy atom. The molecule has 0 spiro atoms. The van der Waals surface area contributed by atoms with Gasteiger partial charge in [-0.05, 0) is 49.4 Å². The zero-order valence-corrected chi connectivity index (χ0v) is 17.4. The van der Waals surface area contributed by atoms with Crippen LogP contribution in [0, 0.1) is 0 Å². The molecular formula is C21H21F2NO6S. The summed E-state index contributed by atoms with van der Waals surface area (Å²) in [6.45, 7) is 1.51. The van der Waals surface area contributed by atoms with Gasteiger partial charge in [0.25, 0.3) is 11.7 Å². The number of benzene rings is 2. The van der Waals surface area contributed by atoms with Gasteiger partial charge in [0.05, 0.1) is 13.0 Å². The molecule has 0 aromatic heterocycles. The van der Waals surface area contributed by atoms with E-state index >= 15 is 0 Å². The van der Waals surface area contributed by atoms with E-state index in [9.17, 15) is 28.3 Å². The fourth-order valence-electron chi connectivity index (χ4n) is 2.45. The second-order valence-corrected chi connectivity index (χ2v) is 7.21. The van der Waals surface area contributed by atoms with Crippen molar-refractivity contribution in [3.05, 3.63) is 48.0 Å². The molecule has 0 radical (unpaired) electrons. The van der Waals surface area contributed by atoms with E-state index in [4.69, 9.17) is 9.47 Å². The lowest BCUT2D eigenvalue weighted by Gasteiger charge is -2.09. The Balaban J connectivity index is 1.75. The molecule has 31 heavy (non-hydrogen) atoms. The van der Waals surface area contributed by atoms with Gasteiger partial charge in [-0.25, -0.2) is 0 Å². The van der Waals surface area contributed by atoms with Gasteiger partial charge < -0.3 is 19.9 Å². The molecule has 7 nitrogen and oxygen atoms in total. The van der Waals surface area contributed by atoms with Crippen LogP contribution in [0.15, 0.2) is 47.4 Å². The van der Waals surface area contributed by atoms with Crippen LogP contribution in [0.25, 0.3) is 0 Å². The summed E-state index contributed by atoms with van der Waals surface area (Å²) in [5.41, 5.74) is 0.646. The van der Waals surface area contributed by atoms with Crippen molar-refractivity contribution in [2.75, 3.05) is 18.5 Å². The van der Waals surface area contributed by atoms with E-state index in [1.165, 1.54) is 42.5 Å². The number of carbonyl (C=O) groups is 3. The highest BCUT2D eigenvalue weighted by Crippen LogP contribution is 2.28. The van der Waals surface area contributed by atoms with Crippen molar-refractivity contribution in [3.8, 4) is 11.5 Å². The lowest BCUT2D eigenvalue weighted by atomic mass is 10.1.